The molecule has 100 valence electrons. The number of hydrogen-bond acceptors (Lipinski definition) is 3. The first kappa shape index (κ1) is 14.3. The van der Waals surface area contributed by atoms with Crippen molar-refractivity contribution >= 4 is 5.97 Å². The van der Waals surface area contributed by atoms with E-state index in [9.17, 15) is 18.0 Å². The SMILES string of the molecule is CCOC(=O)c1ccc(OC(F)(F)F)cc1CC. The van der Waals surface area contributed by atoms with Crippen LogP contribution >= 0.6 is 0 Å². The van der Waals surface area contributed by atoms with Crippen LogP contribution in [-0.2, 0) is 11.2 Å². The zero-order valence-electron chi connectivity index (χ0n) is 10.0. The summed E-state index contributed by atoms with van der Waals surface area (Å²) in [4.78, 5) is 11.5. The van der Waals surface area contributed by atoms with Crippen LogP contribution in [-0.4, -0.2) is 18.9 Å². The highest BCUT2D eigenvalue weighted by atomic mass is 19.4. The summed E-state index contributed by atoms with van der Waals surface area (Å²) in [6.45, 7) is 3.60. The fourth-order valence-corrected chi connectivity index (χ4v) is 1.47. The molecule has 0 saturated carbocycles. The number of benzene rings is 1. The van der Waals surface area contributed by atoms with Gasteiger partial charge in [-0.15, -0.1) is 13.2 Å². The van der Waals surface area contributed by atoms with Crippen LogP contribution in [0.3, 0.4) is 0 Å². The summed E-state index contributed by atoms with van der Waals surface area (Å²) >= 11 is 0. The summed E-state index contributed by atoms with van der Waals surface area (Å²) in [6.07, 6.45) is -4.33. The molecule has 18 heavy (non-hydrogen) atoms. The van der Waals surface area contributed by atoms with E-state index in [1.807, 2.05) is 0 Å². The largest absolute Gasteiger partial charge is 0.573 e. The van der Waals surface area contributed by atoms with Crippen LogP contribution in [0.5, 0.6) is 5.75 Å². The Morgan fingerprint density at radius 1 is 1.28 bits per heavy atom. The van der Waals surface area contributed by atoms with E-state index in [2.05, 4.69) is 4.74 Å². The average Bonchev–Trinajstić information content (AvgIpc) is 2.27. The zero-order chi connectivity index (χ0) is 13.8. The third-order valence-electron chi connectivity index (χ3n) is 2.19. The average molecular weight is 262 g/mol. The maximum absolute atomic E-state index is 12.0. The van der Waals surface area contributed by atoms with Gasteiger partial charge in [-0.25, -0.2) is 4.79 Å². The van der Waals surface area contributed by atoms with Crippen LogP contribution < -0.4 is 4.74 Å². The fraction of sp³-hybridized carbons (Fsp3) is 0.417. The van der Waals surface area contributed by atoms with Gasteiger partial charge in [0.25, 0.3) is 0 Å². The van der Waals surface area contributed by atoms with Gasteiger partial charge in [-0.1, -0.05) is 6.92 Å². The zero-order valence-corrected chi connectivity index (χ0v) is 10.0. The highest BCUT2D eigenvalue weighted by molar-refractivity contribution is 5.91. The van der Waals surface area contributed by atoms with Crippen molar-refractivity contribution in [2.75, 3.05) is 6.61 Å². The summed E-state index contributed by atoms with van der Waals surface area (Å²) in [5, 5.41) is 0. The van der Waals surface area contributed by atoms with Gasteiger partial charge in [-0.2, -0.15) is 0 Å². The van der Waals surface area contributed by atoms with Gasteiger partial charge in [0.15, 0.2) is 0 Å². The van der Waals surface area contributed by atoms with Gasteiger partial charge < -0.3 is 9.47 Å². The van der Waals surface area contributed by atoms with E-state index in [-0.39, 0.29) is 17.9 Å². The molecule has 0 N–H and O–H groups in total. The number of aryl methyl sites for hydroxylation is 1. The number of carbonyl (C=O) groups is 1. The molecule has 1 aromatic carbocycles. The van der Waals surface area contributed by atoms with Crippen molar-refractivity contribution < 1.29 is 27.4 Å². The maximum atomic E-state index is 12.0. The van der Waals surface area contributed by atoms with Gasteiger partial charge in [-0.3, -0.25) is 0 Å². The van der Waals surface area contributed by atoms with E-state index in [1.54, 1.807) is 13.8 Å². The van der Waals surface area contributed by atoms with E-state index in [0.29, 0.717) is 12.0 Å². The first-order chi connectivity index (χ1) is 8.37. The molecule has 0 bridgehead atoms. The minimum atomic E-state index is -4.74. The molecule has 3 nitrogen and oxygen atoms in total. The Hall–Kier alpha value is -1.72. The van der Waals surface area contributed by atoms with Gasteiger partial charge in [0.1, 0.15) is 5.75 Å². The van der Waals surface area contributed by atoms with Crippen molar-refractivity contribution in [1.29, 1.82) is 0 Å². The van der Waals surface area contributed by atoms with Crippen LogP contribution in [0.25, 0.3) is 0 Å². The second kappa shape index (κ2) is 5.75. The van der Waals surface area contributed by atoms with E-state index in [0.717, 1.165) is 6.07 Å². The van der Waals surface area contributed by atoms with Crippen molar-refractivity contribution in [2.24, 2.45) is 0 Å². The third kappa shape index (κ3) is 3.94. The number of halogens is 3. The summed E-state index contributed by atoms with van der Waals surface area (Å²) in [6, 6.07) is 3.57. The van der Waals surface area contributed by atoms with Crippen LogP contribution in [0.1, 0.15) is 29.8 Å². The molecule has 1 aromatic rings. The number of hydrogen-bond donors (Lipinski definition) is 0. The lowest BCUT2D eigenvalue weighted by Gasteiger charge is -2.12. The first-order valence-electron chi connectivity index (χ1n) is 5.43. The van der Waals surface area contributed by atoms with Crippen molar-refractivity contribution in [3.63, 3.8) is 0 Å². The van der Waals surface area contributed by atoms with Crippen LogP contribution in [0.4, 0.5) is 13.2 Å². The molecule has 0 aliphatic carbocycles. The molecule has 0 fully saturated rings. The maximum Gasteiger partial charge on any atom is 0.573 e. The van der Waals surface area contributed by atoms with E-state index < -0.39 is 12.3 Å². The molecule has 1 rings (SSSR count). The van der Waals surface area contributed by atoms with E-state index >= 15 is 0 Å². The Labute approximate surface area is 103 Å². The molecular formula is C12H13F3O3. The number of rotatable bonds is 4. The molecule has 0 spiro atoms. The Morgan fingerprint density at radius 3 is 2.44 bits per heavy atom. The smallest absolute Gasteiger partial charge is 0.462 e. The fourth-order valence-electron chi connectivity index (χ4n) is 1.47. The van der Waals surface area contributed by atoms with E-state index in [1.165, 1.54) is 12.1 Å². The normalized spacial score (nSPS) is 11.2. The highest BCUT2D eigenvalue weighted by Crippen LogP contribution is 2.25. The van der Waals surface area contributed by atoms with Crippen LogP contribution in [0, 0.1) is 0 Å². The summed E-state index contributed by atoms with van der Waals surface area (Å²) in [5.41, 5.74) is 0.712. The van der Waals surface area contributed by atoms with Crippen LogP contribution in [0.2, 0.25) is 0 Å². The molecule has 0 heterocycles. The first-order valence-corrected chi connectivity index (χ1v) is 5.43. The molecule has 0 unspecified atom stereocenters. The predicted octanol–water partition coefficient (Wildman–Crippen LogP) is 3.32. The minimum Gasteiger partial charge on any atom is -0.462 e. The van der Waals surface area contributed by atoms with Crippen molar-refractivity contribution in [3.05, 3.63) is 29.3 Å². The van der Waals surface area contributed by atoms with Crippen molar-refractivity contribution in [3.8, 4) is 5.75 Å². The second-order valence-electron chi connectivity index (χ2n) is 3.44. The second-order valence-corrected chi connectivity index (χ2v) is 3.44. The quantitative estimate of drug-likeness (QED) is 0.781. The van der Waals surface area contributed by atoms with Crippen molar-refractivity contribution in [1.82, 2.24) is 0 Å². The summed E-state index contributed by atoms with van der Waals surface area (Å²) in [7, 11) is 0. The Balaban J connectivity index is 3.00. The molecule has 6 heteroatoms. The highest BCUT2D eigenvalue weighted by Gasteiger charge is 2.31. The Kier molecular flexibility index (Phi) is 4.58. The Morgan fingerprint density at radius 2 is 1.94 bits per heavy atom. The van der Waals surface area contributed by atoms with Crippen LogP contribution in [0.15, 0.2) is 18.2 Å². The van der Waals surface area contributed by atoms with E-state index in [4.69, 9.17) is 4.74 Å². The molecule has 0 radical (unpaired) electrons. The molecule has 0 aliphatic heterocycles. The summed E-state index contributed by atoms with van der Waals surface area (Å²) in [5.74, 6) is -0.889. The molecular weight excluding hydrogens is 249 g/mol. The Bertz CT molecular complexity index is 427. The van der Waals surface area contributed by atoms with Gasteiger partial charge in [0.05, 0.1) is 12.2 Å². The third-order valence-corrected chi connectivity index (χ3v) is 2.19. The molecule has 0 amide bonds. The lowest BCUT2D eigenvalue weighted by Crippen LogP contribution is -2.17. The van der Waals surface area contributed by atoms with Gasteiger partial charge in [0, 0.05) is 0 Å². The van der Waals surface area contributed by atoms with Gasteiger partial charge in [-0.05, 0) is 37.1 Å². The monoisotopic (exact) mass is 262 g/mol. The standard InChI is InChI=1S/C12H13F3O3/c1-3-8-7-9(18-12(13,14)15)5-6-10(8)11(16)17-4-2/h5-7H,3-4H2,1-2H3. The van der Waals surface area contributed by atoms with Crippen molar-refractivity contribution in [2.45, 2.75) is 26.6 Å². The lowest BCUT2D eigenvalue weighted by molar-refractivity contribution is -0.274. The lowest BCUT2D eigenvalue weighted by atomic mass is 10.1. The van der Waals surface area contributed by atoms with Gasteiger partial charge >= 0.3 is 12.3 Å². The molecule has 0 aromatic heterocycles. The molecule has 0 atom stereocenters. The topological polar surface area (TPSA) is 35.5 Å². The minimum absolute atomic E-state index is 0.211. The molecule has 0 aliphatic rings. The number of carbonyl (C=O) groups excluding carboxylic acids is 1. The number of esters is 1. The number of ether oxygens (including phenoxy) is 2. The number of alkyl halides is 3. The molecule has 0 saturated heterocycles. The predicted molar refractivity (Wildman–Crippen MR) is 58.5 cm³/mol. The summed E-state index contributed by atoms with van der Waals surface area (Å²) < 4.78 is 44.7. The van der Waals surface area contributed by atoms with Gasteiger partial charge in [0.2, 0.25) is 0 Å².